The van der Waals surface area contributed by atoms with Gasteiger partial charge in [0.15, 0.2) is 11.6 Å². The molecular weight excluding hydrogens is 221 g/mol. The number of nitrogens with zero attached hydrogens (tertiary/aromatic N) is 3. The predicted molar refractivity (Wildman–Crippen MR) is 63.4 cm³/mol. The first-order valence-electron chi connectivity index (χ1n) is 6.05. The highest BCUT2D eigenvalue weighted by molar-refractivity contribution is 5.41. The molecule has 2 heterocycles. The molecule has 94 valence electrons. The van der Waals surface area contributed by atoms with E-state index in [0.29, 0.717) is 37.4 Å². The molecule has 1 aliphatic heterocycles. The smallest absolute Gasteiger partial charge is 0.187 e. The number of hydrogen-bond acceptors (Lipinski definition) is 4. The molecule has 5 heteroatoms. The summed E-state index contributed by atoms with van der Waals surface area (Å²) in [4.78, 5) is 9.85. The van der Waals surface area contributed by atoms with Crippen LogP contribution in [0.3, 0.4) is 0 Å². The fourth-order valence-electron chi connectivity index (χ4n) is 2.19. The first-order valence-corrected chi connectivity index (χ1v) is 6.05. The summed E-state index contributed by atoms with van der Waals surface area (Å²) in [5, 5.41) is 9.66. The van der Waals surface area contributed by atoms with Crippen molar-refractivity contribution >= 4 is 5.82 Å². The molecule has 1 saturated heterocycles. The van der Waals surface area contributed by atoms with E-state index in [1.807, 2.05) is 18.7 Å². The van der Waals surface area contributed by atoms with Gasteiger partial charge in [-0.05, 0) is 18.8 Å². The van der Waals surface area contributed by atoms with Crippen molar-refractivity contribution in [3.8, 4) is 0 Å². The Balaban J connectivity index is 2.23. The van der Waals surface area contributed by atoms with Gasteiger partial charge in [-0.15, -0.1) is 0 Å². The molecule has 0 aromatic carbocycles. The molecule has 1 fully saturated rings. The van der Waals surface area contributed by atoms with Gasteiger partial charge in [-0.25, -0.2) is 14.4 Å². The number of hydrogen-bond donors (Lipinski definition) is 1. The third-order valence-corrected chi connectivity index (χ3v) is 3.34. The van der Waals surface area contributed by atoms with E-state index >= 15 is 0 Å². The molecule has 0 spiro atoms. The van der Waals surface area contributed by atoms with Crippen molar-refractivity contribution in [3.63, 3.8) is 0 Å². The molecule has 4 nitrogen and oxygen atoms in total. The second-order valence-corrected chi connectivity index (χ2v) is 4.59. The minimum absolute atomic E-state index is 0.142. The zero-order valence-corrected chi connectivity index (χ0v) is 10.2. The van der Waals surface area contributed by atoms with Crippen molar-refractivity contribution in [2.75, 3.05) is 18.0 Å². The van der Waals surface area contributed by atoms with Crippen molar-refractivity contribution in [2.24, 2.45) is 5.92 Å². The first kappa shape index (κ1) is 12.2. The van der Waals surface area contributed by atoms with E-state index in [1.165, 1.54) is 6.33 Å². The quantitative estimate of drug-likeness (QED) is 0.847. The number of halogens is 1. The lowest BCUT2D eigenvalue weighted by molar-refractivity contribution is 0.0966. The van der Waals surface area contributed by atoms with Crippen molar-refractivity contribution < 1.29 is 9.50 Å². The van der Waals surface area contributed by atoms with Crippen molar-refractivity contribution in [3.05, 3.63) is 17.8 Å². The fourth-order valence-corrected chi connectivity index (χ4v) is 2.19. The van der Waals surface area contributed by atoms with Gasteiger partial charge in [0.05, 0.1) is 11.8 Å². The maximum absolute atomic E-state index is 14.1. The number of aliphatic hydroxyl groups is 1. The number of aromatic nitrogens is 2. The topological polar surface area (TPSA) is 49.2 Å². The Kier molecular flexibility index (Phi) is 3.57. The van der Waals surface area contributed by atoms with Crippen LogP contribution in [0.25, 0.3) is 0 Å². The maximum atomic E-state index is 14.1. The van der Waals surface area contributed by atoms with Crippen LogP contribution in [0.15, 0.2) is 6.33 Å². The minimum Gasteiger partial charge on any atom is -0.393 e. The number of anilines is 1. The molecule has 0 radical (unpaired) electrons. The average molecular weight is 239 g/mol. The van der Waals surface area contributed by atoms with Gasteiger partial charge < -0.3 is 10.0 Å². The SMILES string of the molecule is CCc1ncnc(N2CCC(O)C(C)C2)c1F. The Labute approximate surface area is 101 Å². The van der Waals surface area contributed by atoms with Crippen LogP contribution in [-0.4, -0.2) is 34.3 Å². The summed E-state index contributed by atoms with van der Waals surface area (Å²) in [6.07, 6.45) is 2.34. The second-order valence-electron chi connectivity index (χ2n) is 4.59. The Morgan fingerprint density at radius 3 is 2.94 bits per heavy atom. The van der Waals surface area contributed by atoms with Crippen LogP contribution in [0.5, 0.6) is 0 Å². The monoisotopic (exact) mass is 239 g/mol. The van der Waals surface area contributed by atoms with E-state index < -0.39 is 0 Å². The maximum Gasteiger partial charge on any atom is 0.187 e. The van der Waals surface area contributed by atoms with Gasteiger partial charge in [-0.2, -0.15) is 0 Å². The van der Waals surface area contributed by atoms with E-state index in [1.54, 1.807) is 0 Å². The van der Waals surface area contributed by atoms with Gasteiger partial charge in [0.1, 0.15) is 6.33 Å². The van der Waals surface area contributed by atoms with Crippen LogP contribution in [-0.2, 0) is 6.42 Å². The van der Waals surface area contributed by atoms with Crippen LogP contribution < -0.4 is 4.90 Å². The van der Waals surface area contributed by atoms with Gasteiger partial charge in [0.2, 0.25) is 0 Å². The van der Waals surface area contributed by atoms with Crippen molar-refractivity contribution in [1.29, 1.82) is 0 Å². The molecule has 2 unspecified atom stereocenters. The van der Waals surface area contributed by atoms with E-state index in [4.69, 9.17) is 0 Å². The zero-order chi connectivity index (χ0) is 12.4. The molecule has 1 aliphatic rings. The summed E-state index contributed by atoms with van der Waals surface area (Å²) in [7, 11) is 0. The van der Waals surface area contributed by atoms with Crippen molar-refractivity contribution in [1.82, 2.24) is 9.97 Å². The predicted octanol–water partition coefficient (Wildman–Crippen LogP) is 1.39. The summed E-state index contributed by atoms with van der Waals surface area (Å²) in [6, 6.07) is 0. The Morgan fingerprint density at radius 2 is 2.29 bits per heavy atom. The molecule has 17 heavy (non-hydrogen) atoms. The Bertz CT molecular complexity index is 399. The lowest BCUT2D eigenvalue weighted by atomic mass is 9.97. The zero-order valence-electron chi connectivity index (χ0n) is 10.2. The minimum atomic E-state index is -0.321. The van der Waals surface area contributed by atoms with Crippen LogP contribution in [0, 0.1) is 11.7 Å². The van der Waals surface area contributed by atoms with Gasteiger partial charge in [0.25, 0.3) is 0 Å². The molecule has 1 N–H and O–H groups in total. The van der Waals surface area contributed by atoms with Gasteiger partial charge in [-0.3, -0.25) is 0 Å². The summed E-state index contributed by atoms with van der Waals surface area (Å²) < 4.78 is 14.1. The van der Waals surface area contributed by atoms with Gasteiger partial charge in [0, 0.05) is 13.1 Å². The molecular formula is C12H18FN3O. The third-order valence-electron chi connectivity index (χ3n) is 3.34. The Hall–Kier alpha value is -1.23. The van der Waals surface area contributed by atoms with Crippen LogP contribution in [0.4, 0.5) is 10.2 Å². The Morgan fingerprint density at radius 1 is 1.53 bits per heavy atom. The third kappa shape index (κ3) is 2.39. The molecule has 1 aromatic rings. The summed E-state index contributed by atoms with van der Waals surface area (Å²) in [5.74, 6) is 0.192. The number of rotatable bonds is 2. The number of aliphatic hydroxyl groups excluding tert-OH is 1. The van der Waals surface area contributed by atoms with Crippen molar-refractivity contribution in [2.45, 2.75) is 32.8 Å². The highest BCUT2D eigenvalue weighted by Gasteiger charge is 2.27. The van der Waals surface area contributed by atoms with E-state index in [9.17, 15) is 9.50 Å². The molecule has 2 rings (SSSR count). The van der Waals surface area contributed by atoms with E-state index in [0.717, 1.165) is 0 Å². The number of piperidine rings is 1. The van der Waals surface area contributed by atoms with Gasteiger partial charge in [-0.1, -0.05) is 13.8 Å². The summed E-state index contributed by atoms with van der Waals surface area (Å²) in [5.41, 5.74) is 0.453. The average Bonchev–Trinajstić information content (AvgIpc) is 2.33. The normalized spacial score (nSPS) is 25.1. The summed E-state index contributed by atoms with van der Waals surface area (Å²) >= 11 is 0. The standard InChI is InChI=1S/C12H18FN3O/c1-3-9-11(13)12(15-7-14-9)16-5-4-10(17)8(2)6-16/h7-8,10,17H,3-6H2,1-2H3. The van der Waals surface area contributed by atoms with E-state index in [-0.39, 0.29) is 17.8 Å². The lowest BCUT2D eigenvalue weighted by Gasteiger charge is -2.35. The highest BCUT2D eigenvalue weighted by atomic mass is 19.1. The molecule has 0 bridgehead atoms. The first-order chi connectivity index (χ1) is 8.13. The fraction of sp³-hybridized carbons (Fsp3) is 0.667. The lowest BCUT2D eigenvalue weighted by Crippen LogP contribution is -2.42. The van der Waals surface area contributed by atoms with Gasteiger partial charge >= 0.3 is 0 Å². The molecule has 1 aromatic heterocycles. The summed E-state index contributed by atoms with van der Waals surface area (Å²) in [6.45, 7) is 5.12. The molecule has 0 amide bonds. The molecule has 0 aliphatic carbocycles. The van der Waals surface area contributed by atoms with Crippen LogP contribution in [0.1, 0.15) is 26.0 Å². The second kappa shape index (κ2) is 4.96. The molecule has 2 atom stereocenters. The van der Waals surface area contributed by atoms with E-state index in [2.05, 4.69) is 9.97 Å². The number of aryl methyl sites for hydroxylation is 1. The highest BCUT2D eigenvalue weighted by Crippen LogP contribution is 2.24. The molecule has 0 saturated carbocycles. The largest absolute Gasteiger partial charge is 0.393 e. The van der Waals surface area contributed by atoms with Crippen LogP contribution in [0.2, 0.25) is 0 Å². The van der Waals surface area contributed by atoms with Crippen LogP contribution >= 0.6 is 0 Å².